The van der Waals surface area contributed by atoms with Crippen LogP contribution in [0.25, 0.3) is 0 Å². The summed E-state index contributed by atoms with van der Waals surface area (Å²) in [6, 6.07) is 0. The van der Waals surface area contributed by atoms with Crippen LogP contribution in [0, 0.1) is 0 Å². The third kappa shape index (κ3) is 3.30. The van der Waals surface area contributed by atoms with Crippen molar-refractivity contribution in [3.8, 4) is 0 Å². The Hall–Kier alpha value is 0.540. The van der Waals surface area contributed by atoms with Crippen LogP contribution in [0.1, 0.15) is 20.3 Å². The molecule has 2 fully saturated rings. The highest BCUT2D eigenvalue weighted by Gasteiger charge is 2.46. The molecule has 4 nitrogen and oxygen atoms in total. The highest BCUT2D eigenvalue weighted by atomic mass is 32.2. The van der Waals surface area contributed by atoms with Gasteiger partial charge in [0.1, 0.15) is 18.3 Å². The number of rotatable bonds is 3. The van der Waals surface area contributed by atoms with Gasteiger partial charge in [0.05, 0.1) is 11.2 Å². The van der Waals surface area contributed by atoms with Gasteiger partial charge in [-0.3, -0.25) is 0 Å². The Kier molecular flexibility index (Phi) is 4.66. The van der Waals surface area contributed by atoms with E-state index < -0.39 is 24.1 Å². The van der Waals surface area contributed by atoms with Crippen molar-refractivity contribution in [1.82, 2.24) is 0 Å². The fourth-order valence-corrected chi connectivity index (χ4v) is 5.09. The molecule has 100 valence electrons. The van der Waals surface area contributed by atoms with E-state index in [1.54, 1.807) is 23.5 Å². The molecule has 0 amide bonds. The normalized spacial score (nSPS) is 36.0. The lowest BCUT2D eigenvalue weighted by molar-refractivity contribution is -0.156. The second kappa shape index (κ2) is 5.67. The molecule has 0 radical (unpaired) electrons. The molecule has 0 aromatic carbocycles. The zero-order valence-corrected chi connectivity index (χ0v) is 11.8. The van der Waals surface area contributed by atoms with Gasteiger partial charge in [-0.2, -0.15) is 0 Å². The molecule has 0 unspecified atom stereocenters. The van der Waals surface area contributed by atoms with Crippen LogP contribution in [0.3, 0.4) is 0 Å². The van der Waals surface area contributed by atoms with Gasteiger partial charge in [0.2, 0.25) is 0 Å². The Morgan fingerprint density at radius 1 is 1.29 bits per heavy atom. The Morgan fingerprint density at radius 2 is 1.94 bits per heavy atom. The Morgan fingerprint density at radius 3 is 2.53 bits per heavy atom. The van der Waals surface area contributed by atoms with Crippen molar-refractivity contribution in [2.75, 3.05) is 18.1 Å². The molecule has 2 aliphatic heterocycles. The fraction of sp³-hybridized carbons (Fsp3) is 1.00. The first-order valence-corrected chi connectivity index (χ1v) is 8.01. The maximum absolute atomic E-state index is 10.3. The monoisotopic (exact) mass is 280 g/mol. The fourth-order valence-electron chi connectivity index (χ4n) is 2.15. The lowest BCUT2D eigenvalue weighted by Gasteiger charge is -2.30. The maximum atomic E-state index is 10.3. The molecule has 2 saturated heterocycles. The van der Waals surface area contributed by atoms with Gasteiger partial charge in [-0.15, -0.1) is 23.5 Å². The minimum absolute atomic E-state index is 0.118. The number of aliphatic hydroxyl groups is 2. The number of hydrogen-bond acceptors (Lipinski definition) is 6. The molecule has 2 rings (SSSR count). The van der Waals surface area contributed by atoms with Crippen molar-refractivity contribution in [3.05, 3.63) is 0 Å². The minimum atomic E-state index is -0.719. The summed E-state index contributed by atoms with van der Waals surface area (Å²) in [5.74, 6) is 1.44. The van der Waals surface area contributed by atoms with Crippen molar-refractivity contribution >= 4 is 23.5 Å². The van der Waals surface area contributed by atoms with Crippen LogP contribution in [0.4, 0.5) is 0 Å². The lowest BCUT2D eigenvalue weighted by atomic mass is 10.1. The second-order valence-corrected chi connectivity index (χ2v) is 7.57. The van der Waals surface area contributed by atoms with Gasteiger partial charge < -0.3 is 19.7 Å². The van der Waals surface area contributed by atoms with E-state index in [2.05, 4.69) is 0 Å². The summed E-state index contributed by atoms with van der Waals surface area (Å²) in [6.07, 6.45) is -0.263. The summed E-state index contributed by atoms with van der Waals surface area (Å²) in [5, 5.41) is 19.6. The van der Waals surface area contributed by atoms with Crippen LogP contribution in [0.5, 0.6) is 0 Å². The van der Waals surface area contributed by atoms with E-state index in [0.717, 1.165) is 11.5 Å². The maximum Gasteiger partial charge on any atom is 0.164 e. The average molecular weight is 280 g/mol. The summed E-state index contributed by atoms with van der Waals surface area (Å²) < 4.78 is 11.4. The third-order valence-corrected chi connectivity index (χ3v) is 5.95. The zero-order chi connectivity index (χ0) is 12.5. The molecule has 0 aromatic rings. The molecule has 2 heterocycles. The zero-order valence-electron chi connectivity index (χ0n) is 10.2. The van der Waals surface area contributed by atoms with Gasteiger partial charge in [0.15, 0.2) is 5.79 Å². The molecule has 0 aliphatic carbocycles. The highest BCUT2D eigenvalue weighted by Crippen LogP contribution is 2.38. The van der Waals surface area contributed by atoms with E-state index in [9.17, 15) is 10.2 Å². The first-order valence-electron chi connectivity index (χ1n) is 5.91. The van der Waals surface area contributed by atoms with Crippen LogP contribution >= 0.6 is 23.5 Å². The summed E-state index contributed by atoms with van der Waals surface area (Å²) in [6.45, 7) is 3.50. The first kappa shape index (κ1) is 14.0. The number of hydrogen-bond donors (Lipinski definition) is 2. The smallest absolute Gasteiger partial charge is 0.164 e. The van der Waals surface area contributed by atoms with Crippen LogP contribution < -0.4 is 0 Å². The Balaban J connectivity index is 1.99. The van der Waals surface area contributed by atoms with Gasteiger partial charge in [-0.25, -0.2) is 0 Å². The predicted octanol–water partition coefficient (Wildman–Crippen LogP) is 1.06. The van der Waals surface area contributed by atoms with E-state index in [4.69, 9.17) is 9.47 Å². The van der Waals surface area contributed by atoms with Crippen molar-refractivity contribution in [2.24, 2.45) is 0 Å². The third-order valence-electron chi connectivity index (χ3n) is 2.87. The average Bonchev–Trinajstić information content (AvgIpc) is 2.65. The molecule has 3 atom stereocenters. The van der Waals surface area contributed by atoms with Crippen molar-refractivity contribution < 1.29 is 19.7 Å². The summed E-state index contributed by atoms with van der Waals surface area (Å²) in [4.78, 5) is 0. The van der Waals surface area contributed by atoms with Crippen molar-refractivity contribution in [1.29, 1.82) is 0 Å². The largest absolute Gasteiger partial charge is 0.394 e. The van der Waals surface area contributed by atoms with Crippen molar-refractivity contribution in [2.45, 2.75) is 48.9 Å². The van der Waals surface area contributed by atoms with E-state index >= 15 is 0 Å². The molecule has 2 N–H and O–H groups in total. The number of ether oxygens (including phenoxy) is 2. The summed E-state index contributed by atoms with van der Waals surface area (Å²) in [5.41, 5.74) is 0. The van der Waals surface area contributed by atoms with E-state index in [1.807, 2.05) is 13.8 Å². The van der Waals surface area contributed by atoms with Crippen LogP contribution in [0.2, 0.25) is 0 Å². The second-order valence-electron chi connectivity index (χ2n) is 4.78. The molecule has 0 aromatic heterocycles. The molecule has 0 spiro atoms. The lowest BCUT2D eigenvalue weighted by Crippen LogP contribution is -2.43. The van der Waals surface area contributed by atoms with Crippen LogP contribution in [0.15, 0.2) is 0 Å². The van der Waals surface area contributed by atoms with Gasteiger partial charge in [0.25, 0.3) is 0 Å². The highest BCUT2D eigenvalue weighted by molar-refractivity contribution is 8.17. The first-order chi connectivity index (χ1) is 8.03. The Bertz CT molecular complexity index is 256. The van der Waals surface area contributed by atoms with Gasteiger partial charge in [-0.1, -0.05) is 0 Å². The van der Waals surface area contributed by atoms with Crippen molar-refractivity contribution in [3.63, 3.8) is 0 Å². The number of thioether (sulfide) groups is 2. The summed E-state index contributed by atoms with van der Waals surface area (Å²) >= 11 is 3.53. The molecule has 6 heteroatoms. The summed E-state index contributed by atoms with van der Waals surface area (Å²) in [7, 11) is 0. The molecule has 17 heavy (non-hydrogen) atoms. The van der Waals surface area contributed by atoms with Gasteiger partial charge in [-0.05, 0) is 31.8 Å². The Labute approximate surface area is 110 Å². The quantitative estimate of drug-likeness (QED) is 0.806. The molecule has 2 aliphatic rings. The predicted molar refractivity (Wildman–Crippen MR) is 70.2 cm³/mol. The van der Waals surface area contributed by atoms with Gasteiger partial charge in [0, 0.05) is 0 Å². The molecule has 0 bridgehead atoms. The topological polar surface area (TPSA) is 58.9 Å². The number of aliphatic hydroxyl groups excluding tert-OH is 2. The van der Waals surface area contributed by atoms with E-state index in [-0.39, 0.29) is 11.2 Å². The molecular formula is C11H20O4S2. The SMILES string of the molecule is CC1(C)O[C@H]([C@H](O)C2SCCCS2)[C@@H](CO)O1. The molecular weight excluding hydrogens is 260 g/mol. The molecule has 0 saturated carbocycles. The van der Waals surface area contributed by atoms with E-state index in [0.29, 0.717) is 0 Å². The van der Waals surface area contributed by atoms with Gasteiger partial charge >= 0.3 is 0 Å². The van der Waals surface area contributed by atoms with E-state index in [1.165, 1.54) is 6.42 Å². The van der Waals surface area contributed by atoms with Crippen LogP contribution in [-0.2, 0) is 9.47 Å². The minimum Gasteiger partial charge on any atom is -0.394 e. The van der Waals surface area contributed by atoms with Crippen LogP contribution in [-0.4, -0.2) is 57.0 Å². The standard InChI is InChI=1S/C11H20O4S2/c1-11(2)14-7(6-12)9(15-11)8(13)10-16-4-3-5-17-10/h7-10,12-13H,3-6H2,1-2H3/t7-,8+,9+/m1/s1.